The molecule has 0 fully saturated rings. The summed E-state index contributed by atoms with van der Waals surface area (Å²) in [6.07, 6.45) is 1.45. The van der Waals surface area contributed by atoms with Crippen molar-refractivity contribution in [1.82, 2.24) is 4.90 Å². The number of nitriles is 1. The Balaban J connectivity index is 3.26. The quantitative estimate of drug-likeness (QED) is 0.361. The van der Waals surface area contributed by atoms with Gasteiger partial charge in [0.2, 0.25) is 0 Å². The second-order valence-corrected chi connectivity index (χ2v) is 4.33. The summed E-state index contributed by atoms with van der Waals surface area (Å²) in [6.45, 7) is 0. The van der Waals surface area contributed by atoms with Gasteiger partial charge in [-0.3, -0.25) is 10.1 Å². The predicted octanol–water partition coefficient (Wildman–Crippen LogP) is 2.40. The number of halogens is 1. The Hall–Kier alpha value is -1.65. The Kier molecular flexibility index (Phi) is 3.82. The van der Waals surface area contributed by atoms with E-state index >= 15 is 0 Å². The van der Waals surface area contributed by atoms with Crippen LogP contribution in [0.5, 0.6) is 0 Å². The van der Waals surface area contributed by atoms with Crippen LogP contribution in [-0.2, 0) is 0 Å². The SMILES string of the molecule is CN(C)/C=N/c1sc([N+](=O)[O-])c(Cl)c1C#N. The monoisotopic (exact) mass is 258 g/mol. The summed E-state index contributed by atoms with van der Waals surface area (Å²) in [4.78, 5) is 15.6. The summed E-state index contributed by atoms with van der Waals surface area (Å²) in [7, 11) is 3.50. The normalized spacial score (nSPS) is 10.4. The van der Waals surface area contributed by atoms with Gasteiger partial charge < -0.3 is 4.90 Å². The molecule has 0 N–H and O–H groups in total. The average molecular weight is 259 g/mol. The van der Waals surface area contributed by atoms with Crippen LogP contribution in [-0.4, -0.2) is 30.3 Å². The van der Waals surface area contributed by atoms with Gasteiger partial charge in [-0.25, -0.2) is 4.99 Å². The minimum absolute atomic E-state index is 0.0384. The first-order chi connectivity index (χ1) is 7.47. The fraction of sp³-hybridized carbons (Fsp3) is 0.250. The van der Waals surface area contributed by atoms with Crippen LogP contribution in [0.1, 0.15) is 5.56 Å². The number of nitro groups is 1. The molecular formula is C8H7ClN4O2S. The second kappa shape index (κ2) is 4.92. The Morgan fingerprint density at radius 1 is 1.69 bits per heavy atom. The molecule has 0 saturated carbocycles. The molecule has 1 aromatic rings. The molecule has 0 radical (unpaired) electrons. The van der Waals surface area contributed by atoms with Crippen molar-refractivity contribution in [2.45, 2.75) is 0 Å². The third-order valence-electron chi connectivity index (χ3n) is 1.50. The zero-order valence-corrected chi connectivity index (χ0v) is 10.0. The van der Waals surface area contributed by atoms with Crippen molar-refractivity contribution in [2.75, 3.05) is 14.1 Å². The van der Waals surface area contributed by atoms with Crippen LogP contribution in [0.2, 0.25) is 5.02 Å². The fourth-order valence-electron chi connectivity index (χ4n) is 0.861. The third kappa shape index (κ3) is 2.48. The summed E-state index contributed by atoms with van der Waals surface area (Å²) in [5.41, 5.74) is 0.0384. The Morgan fingerprint density at radius 2 is 2.31 bits per heavy atom. The molecule has 0 aliphatic carbocycles. The van der Waals surface area contributed by atoms with E-state index in [-0.39, 0.29) is 20.6 Å². The van der Waals surface area contributed by atoms with Gasteiger partial charge in [-0.15, -0.1) is 0 Å². The van der Waals surface area contributed by atoms with E-state index in [0.29, 0.717) is 0 Å². The minimum atomic E-state index is -0.622. The smallest absolute Gasteiger partial charge is 0.346 e. The van der Waals surface area contributed by atoms with Crippen molar-refractivity contribution in [1.29, 1.82) is 5.26 Å². The third-order valence-corrected chi connectivity index (χ3v) is 3.03. The van der Waals surface area contributed by atoms with E-state index in [1.807, 2.05) is 0 Å². The van der Waals surface area contributed by atoms with E-state index in [0.717, 1.165) is 11.3 Å². The van der Waals surface area contributed by atoms with E-state index in [4.69, 9.17) is 16.9 Å². The molecule has 1 aromatic heterocycles. The van der Waals surface area contributed by atoms with Gasteiger partial charge in [0.1, 0.15) is 16.6 Å². The molecule has 0 aromatic carbocycles. The van der Waals surface area contributed by atoms with Gasteiger partial charge in [0.05, 0.1) is 11.3 Å². The minimum Gasteiger partial charge on any atom is -0.369 e. The zero-order chi connectivity index (χ0) is 12.3. The van der Waals surface area contributed by atoms with Crippen LogP contribution in [0, 0.1) is 21.4 Å². The van der Waals surface area contributed by atoms with Gasteiger partial charge >= 0.3 is 5.00 Å². The van der Waals surface area contributed by atoms with Gasteiger partial charge in [0.25, 0.3) is 0 Å². The average Bonchev–Trinajstić information content (AvgIpc) is 2.51. The van der Waals surface area contributed by atoms with Gasteiger partial charge in [-0.2, -0.15) is 5.26 Å². The topological polar surface area (TPSA) is 82.5 Å². The highest BCUT2D eigenvalue weighted by Crippen LogP contribution is 2.43. The van der Waals surface area contributed by atoms with Crippen LogP contribution >= 0.6 is 22.9 Å². The number of hydrogen-bond acceptors (Lipinski definition) is 5. The molecule has 8 heteroatoms. The van der Waals surface area contributed by atoms with Gasteiger partial charge in [-0.1, -0.05) is 11.6 Å². The lowest BCUT2D eigenvalue weighted by molar-refractivity contribution is -0.380. The van der Waals surface area contributed by atoms with Crippen molar-refractivity contribution in [3.63, 3.8) is 0 Å². The summed E-state index contributed by atoms with van der Waals surface area (Å²) >= 11 is 6.48. The number of aliphatic imine (C=N–C) groups is 1. The molecule has 84 valence electrons. The highest BCUT2D eigenvalue weighted by molar-refractivity contribution is 7.20. The lowest BCUT2D eigenvalue weighted by atomic mass is 10.3. The molecule has 6 nitrogen and oxygen atoms in total. The predicted molar refractivity (Wildman–Crippen MR) is 62.5 cm³/mol. The molecule has 0 aliphatic heterocycles. The number of rotatable bonds is 3. The van der Waals surface area contributed by atoms with Crippen molar-refractivity contribution in [2.24, 2.45) is 4.99 Å². The number of thiophene rings is 1. The standard InChI is InChI=1S/C8H7ClN4O2S/c1-12(2)4-11-7-5(3-10)6(9)8(16-7)13(14)15/h4H,1-2H3/b11-4+. The molecular weight excluding hydrogens is 252 g/mol. The van der Waals surface area contributed by atoms with E-state index < -0.39 is 4.92 Å². The number of hydrogen-bond donors (Lipinski definition) is 0. The molecule has 0 spiro atoms. The van der Waals surface area contributed by atoms with Crippen LogP contribution in [0.25, 0.3) is 0 Å². The highest BCUT2D eigenvalue weighted by Gasteiger charge is 2.24. The molecule has 0 atom stereocenters. The molecule has 0 bridgehead atoms. The first-order valence-electron chi connectivity index (χ1n) is 4.04. The Labute approximate surface area is 101 Å². The molecule has 16 heavy (non-hydrogen) atoms. The largest absolute Gasteiger partial charge is 0.369 e. The lowest BCUT2D eigenvalue weighted by Crippen LogP contribution is -2.06. The maximum absolute atomic E-state index is 10.6. The van der Waals surface area contributed by atoms with Crippen LogP contribution < -0.4 is 0 Å². The Morgan fingerprint density at radius 3 is 2.75 bits per heavy atom. The highest BCUT2D eigenvalue weighted by atomic mass is 35.5. The van der Waals surface area contributed by atoms with E-state index in [1.165, 1.54) is 6.34 Å². The maximum Gasteiger partial charge on any atom is 0.346 e. The first-order valence-corrected chi connectivity index (χ1v) is 5.24. The molecule has 0 saturated heterocycles. The molecule has 0 amide bonds. The lowest BCUT2D eigenvalue weighted by Gasteiger charge is -2.00. The van der Waals surface area contributed by atoms with E-state index in [9.17, 15) is 10.1 Å². The van der Waals surface area contributed by atoms with E-state index in [2.05, 4.69) is 4.99 Å². The summed E-state index contributed by atoms with van der Waals surface area (Å²) in [5, 5.41) is 19.3. The maximum atomic E-state index is 10.6. The molecule has 0 aliphatic rings. The van der Waals surface area contributed by atoms with Crippen LogP contribution in [0.3, 0.4) is 0 Å². The molecule has 1 rings (SSSR count). The van der Waals surface area contributed by atoms with Crippen LogP contribution in [0.4, 0.5) is 10.0 Å². The molecule has 0 unspecified atom stereocenters. The number of nitrogens with zero attached hydrogens (tertiary/aromatic N) is 4. The van der Waals surface area contributed by atoms with Crippen molar-refractivity contribution in [3.8, 4) is 6.07 Å². The van der Waals surface area contributed by atoms with Crippen molar-refractivity contribution < 1.29 is 4.92 Å². The second-order valence-electron chi connectivity index (χ2n) is 2.98. The van der Waals surface area contributed by atoms with Gasteiger partial charge in [0.15, 0.2) is 5.02 Å². The zero-order valence-electron chi connectivity index (χ0n) is 8.47. The molecule has 1 heterocycles. The summed E-state index contributed by atoms with van der Waals surface area (Å²) in [5.74, 6) is 0. The Bertz CT molecular complexity index is 489. The van der Waals surface area contributed by atoms with Crippen molar-refractivity contribution in [3.05, 3.63) is 20.7 Å². The van der Waals surface area contributed by atoms with Gasteiger partial charge in [-0.05, 0) is 11.3 Å². The van der Waals surface area contributed by atoms with Crippen molar-refractivity contribution >= 4 is 39.3 Å². The summed E-state index contributed by atoms with van der Waals surface area (Å²) in [6, 6.07) is 1.80. The van der Waals surface area contributed by atoms with Gasteiger partial charge in [0, 0.05) is 14.1 Å². The summed E-state index contributed by atoms with van der Waals surface area (Å²) < 4.78 is 0. The first kappa shape index (κ1) is 12.4. The van der Waals surface area contributed by atoms with Crippen LogP contribution in [0.15, 0.2) is 4.99 Å². The fourth-order valence-corrected chi connectivity index (χ4v) is 2.03. The van der Waals surface area contributed by atoms with E-state index in [1.54, 1.807) is 25.1 Å².